The summed E-state index contributed by atoms with van der Waals surface area (Å²) in [5, 5.41) is 116. The molecule has 5 saturated carbocycles. The molecule has 5 fully saturated rings. The number of aromatic hydroxyl groups is 3. The molecular formula is C81H96ClN11O22S. The molecule has 5 aliphatic heterocycles. The highest BCUT2D eigenvalue weighted by Gasteiger charge is 2.51. The number of rotatable bonds is 18. The van der Waals surface area contributed by atoms with Crippen LogP contribution in [-0.4, -0.2) is 197 Å². The number of likely N-dealkylation sites (N-methyl/N-ethyl adjacent to an activating group) is 2. The summed E-state index contributed by atoms with van der Waals surface area (Å²) in [4.78, 5) is 125. The number of carbonyl (C=O) groups excluding carboxylic acids is 8. The molecule has 33 nitrogen and oxygen atoms in total. The van der Waals surface area contributed by atoms with Crippen molar-refractivity contribution in [2.45, 2.75) is 162 Å². The summed E-state index contributed by atoms with van der Waals surface area (Å²) in [5.41, 5.74) is 4.36. The summed E-state index contributed by atoms with van der Waals surface area (Å²) in [6.45, 7) is 5.67. The van der Waals surface area contributed by atoms with Crippen molar-refractivity contribution in [1.29, 1.82) is 0 Å². The first-order valence-electron chi connectivity index (χ1n) is 38.5. The molecule has 0 unspecified atom stereocenters. The summed E-state index contributed by atoms with van der Waals surface area (Å²) in [6.07, 6.45) is -7.97. The third-order valence-corrected chi connectivity index (χ3v) is 24.6. The van der Waals surface area contributed by atoms with Crippen LogP contribution in [0.25, 0.3) is 11.1 Å². The zero-order valence-corrected chi connectivity index (χ0v) is 65.8. The minimum Gasteiger partial charge on any atom is -0.508 e. The van der Waals surface area contributed by atoms with E-state index in [-0.39, 0.29) is 111 Å². The van der Waals surface area contributed by atoms with Crippen LogP contribution in [0.4, 0.5) is 0 Å². The summed E-state index contributed by atoms with van der Waals surface area (Å²) in [7, 11) is 0.256. The molecule has 620 valence electrons. The van der Waals surface area contributed by atoms with Crippen molar-refractivity contribution in [3.8, 4) is 62.9 Å². The first-order chi connectivity index (χ1) is 55.1. The van der Waals surface area contributed by atoms with Crippen molar-refractivity contribution in [2.24, 2.45) is 41.2 Å². The third kappa shape index (κ3) is 17.8. The number of nitrogens with zero attached hydrogens (tertiary/aromatic N) is 1. The van der Waals surface area contributed by atoms with Gasteiger partial charge in [-0.1, -0.05) is 43.6 Å². The number of phenolic OH excluding ortho intramolecular Hbond substituents is 3. The number of carbonyl (C=O) groups is 8. The molecule has 10 aliphatic rings. The molecule has 16 rings (SSSR count). The summed E-state index contributed by atoms with van der Waals surface area (Å²) in [6, 6.07) is 5.73. The van der Waals surface area contributed by atoms with Gasteiger partial charge < -0.3 is 113 Å². The average molecular weight is 1640 g/mol. The first-order valence-corrected chi connectivity index (χ1v) is 40.3. The van der Waals surface area contributed by atoms with Crippen LogP contribution in [0.15, 0.2) is 108 Å². The molecule has 0 saturated heterocycles. The number of ether oxygens (including phenoxy) is 4. The van der Waals surface area contributed by atoms with Crippen LogP contribution in [-0.2, 0) is 48.4 Å². The van der Waals surface area contributed by atoms with Crippen LogP contribution in [0.1, 0.15) is 129 Å². The molecule has 0 radical (unpaired) electrons. The van der Waals surface area contributed by atoms with E-state index in [0.29, 0.717) is 18.4 Å². The number of amides is 8. The van der Waals surface area contributed by atoms with Gasteiger partial charge in [-0.3, -0.25) is 38.4 Å². The number of halogens is 1. The van der Waals surface area contributed by atoms with Gasteiger partial charge in [-0.05, 0) is 221 Å². The molecule has 6 aromatic carbocycles. The molecule has 6 aromatic rings. The van der Waals surface area contributed by atoms with Crippen LogP contribution in [0.5, 0.6) is 51.7 Å². The van der Waals surface area contributed by atoms with E-state index in [1.807, 2.05) is 37.6 Å². The van der Waals surface area contributed by atoms with Gasteiger partial charge in [0.25, 0.3) is 10.0 Å². The highest BCUT2D eigenvalue weighted by Crippen LogP contribution is 2.55. The van der Waals surface area contributed by atoms with E-state index in [0.717, 1.165) is 92.8 Å². The number of hydrogen-bond donors (Lipinski definition) is 18. The molecule has 0 aromatic heterocycles. The van der Waals surface area contributed by atoms with E-state index < -0.39 is 193 Å². The van der Waals surface area contributed by atoms with E-state index in [1.54, 1.807) is 0 Å². The molecule has 14 atom stereocenters. The van der Waals surface area contributed by atoms with Crippen molar-refractivity contribution >= 4 is 68.9 Å². The topological polar surface area (TPSA) is 507 Å². The Kier molecular flexibility index (Phi) is 24.8. The molecular weight excluding hydrogens is 1550 g/mol. The molecule has 15 bridgehead atoms. The Bertz CT molecular complexity index is 4890. The Balaban J connectivity index is 0.996. The largest absolute Gasteiger partial charge is 0.508 e. The molecule has 35 heteroatoms. The van der Waals surface area contributed by atoms with Crippen LogP contribution < -0.4 is 71.9 Å². The molecule has 8 amide bonds. The van der Waals surface area contributed by atoms with Crippen molar-refractivity contribution in [1.82, 2.24) is 52.2 Å². The molecule has 5 aliphatic carbocycles. The second kappa shape index (κ2) is 34.4. The van der Waals surface area contributed by atoms with Gasteiger partial charge in [0.2, 0.25) is 53.0 Å². The number of nitrogens with one attached hydrogen (secondary N) is 9. The summed E-state index contributed by atoms with van der Waals surface area (Å²) >= 11 is 7.20. The second-order valence-electron chi connectivity index (χ2n) is 31.9. The summed E-state index contributed by atoms with van der Waals surface area (Å²) < 4.78 is 56.3. The molecule has 116 heavy (non-hydrogen) atoms. The van der Waals surface area contributed by atoms with Gasteiger partial charge in [0.1, 0.15) is 108 Å². The maximum atomic E-state index is 16.5. The summed E-state index contributed by atoms with van der Waals surface area (Å²) in [5.74, 6) is -13.5. The third-order valence-electron chi connectivity index (χ3n) is 23.0. The van der Waals surface area contributed by atoms with E-state index in [2.05, 4.69) is 42.5 Å². The van der Waals surface area contributed by atoms with Crippen LogP contribution in [0.2, 0.25) is 5.02 Å². The number of sulfonamides is 1. The van der Waals surface area contributed by atoms with Gasteiger partial charge >= 0.3 is 0 Å². The minimum absolute atomic E-state index is 0.0536. The van der Waals surface area contributed by atoms with Crippen LogP contribution >= 0.6 is 11.6 Å². The lowest BCUT2D eigenvalue weighted by atomic mass is 9.54. The number of phenols is 3. The van der Waals surface area contributed by atoms with E-state index >= 15 is 28.8 Å². The van der Waals surface area contributed by atoms with E-state index in [4.69, 9.17) is 36.3 Å². The highest BCUT2D eigenvalue weighted by molar-refractivity contribution is 7.90. The lowest BCUT2D eigenvalue weighted by Gasteiger charge is -2.54. The van der Waals surface area contributed by atoms with Gasteiger partial charge in [-0.15, -0.1) is 0 Å². The van der Waals surface area contributed by atoms with E-state index in [9.17, 15) is 58.9 Å². The van der Waals surface area contributed by atoms with Crippen molar-refractivity contribution in [3.63, 3.8) is 0 Å². The van der Waals surface area contributed by atoms with Crippen molar-refractivity contribution in [3.05, 3.63) is 142 Å². The van der Waals surface area contributed by atoms with Gasteiger partial charge in [-0.2, -0.15) is 0 Å². The van der Waals surface area contributed by atoms with Crippen LogP contribution in [0, 0.1) is 42.4 Å². The standard InChI is InChI=1S/C81H96ClN11O22S/c1-35(2)19-52(84-4)75(103)90-67-69(98)40-8-15-56(36(3)20-40)113-59-28-44-29-60(74(59)115-58-30-45(34-83)71(100)73(102)72(58)101)114-57-16-9-41(27-51(57)82)70(99)68-81(109)89-66(79(107)86-63-42-22-37-21-38(24-42)25-43(63)23-37)50-31-46(94)32-55(96)62(50)49-26-39(7-14-54(49)95)64(77(105)91-68)88-78(106)65(44)87-76(104)53(85-80(67)108)33-61(97)92-116(110,111)48-12-10-47(11-13-48)112-18-17-93(5)6/h7-16,20,26-29,31-32,35,37-38,42-43,45,52-53,58,63-73,84,94-96,98-102H,17-19,21-25,30,33-34,83H2,1-6H3,(H,85,108)(H,86,107)(H,87,104)(H,88,106)(H,89,109)(H,90,103)(H,91,105)(H,92,97)/t37?,38?,42?,43?,45-,52-,53+,58-,63?,64-,65-,66+,67-,68+,69-,70-,71-,72+,73+/m1/s1. The Labute approximate surface area is 672 Å². The number of aryl methyl sites for hydroxylation is 1. The number of benzene rings is 6. The monoisotopic (exact) mass is 1640 g/mol. The average Bonchev–Trinajstić information content (AvgIpc) is 0.757. The number of fused-ring (bicyclic) bond motifs is 15. The highest BCUT2D eigenvalue weighted by atomic mass is 35.5. The zero-order chi connectivity index (χ0) is 83.2. The maximum absolute atomic E-state index is 16.5. The molecule has 0 spiro atoms. The fourth-order valence-corrected chi connectivity index (χ4v) is 18.4. The van der Waals surface area contributed by atoms with Gasteiger partial charge in [0.05, 0.1) is 28.5 Å². The predicted octanol–water partition coefficient (Wildman–Crippen LogP) is 2.97. The normalized spacial score (nSPS) is 28.0. The maximum Gasteiger partial charge on any atom is 0.264 e. The number of nitrogens with two attached hydrogens (primary N) is 1. The number of aliphatic hydroxyl groups is 5. The number of hydrogen-bond acceptors (Lipinski definition) is 25. The second-order valence-corrected chi connectivity index (χ2v) is 34.0. The quantitative estimate of drug-likeness (QED) is 0.0588. The number of aliphatic hydroxyl groups excluding tert-OH is 5. The Morgan fingerprint density at radius 2 is 1.28 bits per heavy atom. The Morgan fingerprint density at radius 3 is 1.92 bits per heavy atom. The lowest BCUT2D eigenvalue weighted by Crippen LogP contribution is -2.59. The predicted molar refractivity (Wildman–Crippen MR) is 416 cm³/mol. The SMILES string of the molecule is CN[C@H](CC(C)C)C(=O)N[C@H]1C(=O)N[C@@H](CC(=O)NS(=O)(=O)c2ccc(OCCN(C)C)cc2)C(=O)N[C@H]2C(=O)N[C@H]3C(=O)N[C@H](C(=O)N[C@H](C(=O)NC4C5CC6CC(C5)CC4C6)c4cc(O)cc(O)c4-c4cc3ccc4O)[C@H](O)c3ccc(c(Cl)c3)Oc3cc2cc(c3O[C@@H]2C[C@H](CN)[C@@H](O)[C@H](O)[C@H]2O)Oc2ccc(cc2C)[C@H]1O. The van der Waals surface area contributed by atoms with Crippen molar-refractivity contribution in [2.75, 3.05) is 40.8 Å². The van der Waals surface area contributed by atoms with Crippen LogP contribution in [0.3, 0.4) is 0 Å². The Morgan fingerprint density at radius 1 is 0.655 bits per heavy atom. The molecule has 19 N–H and O–H groups in total. The van der Waals surface area contributed by atoms with Crippen molar-refractivity contribution < 1.29 is 107 Å². The lowest BCUT2D eigenvalue weighted by molar-refractivity contribution is -0.149. The smallest absolute Gasteiger partial charge is 0.264 e. The first kappa shape index (κ1) is 83.5. The van der Waals surface area contributed by atoms with Gasteiger partial charge in [0.15, 0.2) is 11.5 Å². The molecule has 5 heterocycles. The minimum atomic E-state index is -4.87. The fraction of sp³-hybridized carbons (Fsp3) is 0.457. The van der Waals surface area contributed by atoms with Gasteiger partial charge in [-0.25, -0.2) is 13.1 Å². The zero-order valence-electron chi connectivity index (χ0n) is 64.2. The Hall–Kier alpha value is -10.4. The van der Waals surface area contributed by atoms with E-state index in [1.165, 1.54) is 56.4 Å². The van der Waals surface area contributed by atoms with Gasteiger partial charge in [0, 0.05) is 35.7 Å². The fourth-order valence-electron chi connectivity index (χ4n) is 17.1.